The van der Waals surface area contributed by atoms with Gasteiger partial charge in [-0.1, -0.05) is 6.07 Å². The molecule has 25 heavy (non-hydrogen) atoms. The van der Waals surface area contributed by atoms with Crippen LogP contribution in [-0.2, 0) is 0 Å². The van der Waals surface area contributed by atoms with Gasteiger partial charge in [-0.3, -0.25) is 19.9 Å². The summed E-state index contributed by atoms with van der Waals surface area (Å²) in [5, 5.41) is 13.7. The van der Waals surface area contributed by atoms with Gasteiger partial charge in [0.15, 0.2) is 0 Å². The second-order valence-corrected chi connectivity index (χ2v) is 5.92. The molecule has 8 nitrogen and oxygen atoms in total. The summed E-state index contributed by atoms with van der Waals surface area (Å²) in [6, 6.07) is 5.78. The monoisotopic (exact) mass is 342 g/mol. The van der Waals surface area contributed by atoms with Gasteiger partial charge in [-0.25, -0.2) is 4.98 Å². The van der Waals surface area contributed by atoms with E-state index < -0.39 is 4.92 Å². The molecule has 0 radical (unpaired) electrons. The number of aromatic nitrogens is 2. The molecular weight excluding hydrogens is 324 g/mol. The summed E-state index contributed by atoms with van der Waals surface area (Å²) in [5.74, 6) is 0.216. The van der Waals surface area contributed by atoms with Crippen molar-refractivity contribution < 1.29 is 14.5 Å². The Morgan fingerprint density at radius 3 is 2.72 bits per heavy atom. The van der Waals surface area contributed by atoms with Crippen LogP contribution < -0.4 is 10.1 Å². The number of ether oxygens (including phenoxy) is 1. The van der Waals surface area contributed by atoms with E-state index in [4.69, 9.17) is 4.74 Å². The Bertz CT molecular complexity index is 745. The first-order chi connectivity index (χ1) is 12.1. The molecule has 0 atom stereocenters. The van der Waals surface area contributed by atoms with Crippen LogP contribution in [0.15, 0.2) is 42.9 Å². The highest BCUT2D eigenvalue weighted by Crippen LogP contribution is 2.23. The molecule has 8 heteroatoms. The van der Waals surface area contributed by atoms with E-state index in [9.17, 15) is 14.9 Å². The number of nitrogens with one attached hydrogen (secondary N) is 1. The maximum atomic E-state index is 12.3. The molecule has 1 aromatic heterocycles. The van der Waals surface area contributed by atoms with E-state index in [2.05, 4.69) is 15.3 Å². The first-order valence-corrected chi connectivity index (χ1v) is 8.10. The fourth-order valence-corrected chi connectivity index (χ4v) is 2.87. The molecule has 0 bridgehead atoms. The predicted molar refractivity (Wildman–Crippen MR) is 89.3 cm³/mol. The van der Waals surface area contributed by atoms with Gasteiger partial charge in [-0.2, -0.15) is 0 Å². The Labute approximate surface area is 144 Å². The van der Waals surface area contributed by atoms with Crippen molar-refractivity contribution in [2.75, 3.05) is 0 Å². The molecule has 3 rings (SSSR count). The van der Waals surface area contributed by atoms with Crippen molar-refractivity contribution >= 4 is 11.6 Å². The Kier molecular flexibility index (Phi) is 5.17. The van der Waals surface area contributed by atoms with E-state index >= 15 is 0 Å². The summed E-state index contributed by atoms with van der Waals surface area (Å²) < 4.78 is 5.77. The smallest absolute Gasteiger partial charge is 0.270 e. The fraction of sp³-hybridized carbons (Fsp3) is 0.353. The molecule has 0 saturated heterocycles. The summed E-state index contributed by atoms with van der Waals surface area (Å²) in [5.41, 5.74) is 0.209. The minimum atomic E-state index is -0.508. The second-order valence-electron chi connectivity index (χ2n) is 5.92. The van der Waals surface area contributed by atoms with Crippen molar-refractivity contribution in [3.63, 3.8) is 0 Å². The standard InChI is InChI=1S/C17H18N4O4/c22-17(12-2-1-3-14(10-12)21(23)24)20-13-4-6-15(7-5-13)25-16-11-18-8-9-19-16/h1-3,8-11,13,15H,4-7H2,(H,20,22). The van der Waals surface area contributed by atoms with Crippen molar-refractivity contribution in [1.29, 1.82) is 0 Å². The molecule has 1 saturated carbocycles. The van der Waals surface area contributed by atoms with Crippen LogP contribution in [0.4, 0.5) is 5.69 Å². The molecule has 130 valence electrons. The van der Waals surface area contributed by atoms with Gasteiger partial charge >= 0.3 is 0 Å². The highest BCUT2D eigenvalue weighted by atomic mass is 16.6. The highest BCUT2D eigenvalue weighted by molar-refractivity contribution is 5.95. The number of carbonyl (C=O) groups excluding carboxylic acids is 1. The maximum Gasteiger partial charge on any atom is 0.270 e. The van der Waals surface area contributed by atoms with Crippen LogP contribution >= 0.6 is 0 Å². The van der Waals surface area contributed by atoms with Crippen molar-refractivity contribution in [1.82, 2.24) is 15.3 Å². The number of amides is 1. The van der Waals surface area contributed by atoms with Gasteiger partial charge in [-0.05, 0) is 31.7 Å². The van der Waals surface area contributed by atoms with E-state index in [1.165, 1.54) is 18.2 Å². The van der Waals surface area contributed by atoms with E-state index in [0.29, 0.717) is 11.4 Å². The quantitative estimate of drug-likeness (QED) is 0.661. The van der Waals surface area contributed by atoms with Crippen molar-refractivity contribution in [2.24, 2.45) is 0 Å². The SMILES string of the molecule is O=C(NC1CCC(Oc2cnccn2)CC1)c1cccc([N+](=O)[O-])c1. The third kappa shape index (κ3) is 4.50. The minimum Gasteiger partial charge on any atom is -0.473 e. The van der Waals surface area contributed by atoms with Gasteiger partial charge in [0.1, 0.15) is 6.10 Å². The topological polar surface area (TPSA) is 107 Å². The number of rotatable bonds is 5. The van der Waals surface area contributed by atoms with Gasteiger partial charge in [0, 0.05) is 36.1 Å². The molecule has 1 heterocycles. The zero-order chi connectivity index (χ0) is 17.6. The predicted octanol–water partition coefficient (Wildman–Crippen LogP) is 2.50. The van der Waals surface area contributed by atoms with Crippen LogP contribution in [0.25, 0.3) is 0 Å². The molecule has 2 aromatic rings. The first-order valence-electron chi connectivity index (χ1n) is 8.10. The third-order valence-electron chi connectivity index (χ3n) is 4.16. The summed E-state index contributed by atoms with van der Waals surface area (Å²) in [4.78, 5) is 30.6. The van der Waals surface area contributed by atoms with Crippen molar-refractivity contribution in [3.8, 4) is 5.88 Å². The molecule has 0 spiro atoms. The second kappa shape index (κ2) is 7.69. The normalized spacial score (nSPS) is 19.8. The Morgan fingerprint density at radius 1 is 1.24 bits per heavy atom. The number of hydrogen-bond acceptors (Lipinski definition) is 6. The minimum absolute atomic E-state index is 0.0356. The molecular formula is C17H18N4O4. The van der Waals surface area contributed by atoms with Crippen LogP contribution in [-0.4, -0.2) is 32.9 Å². The van der Waals surface area contributed by atoms with Crippen LogP contribution in [0.5, 0.6) is 5.88 Å². The van der Waals surface area contributed by atoms with Crippen molar-refractivity contribution in [2.45, 2.75) is 37.8 Å². The van der Waals surface area contributed by atoms with Gasteiger partial charge < -0.3 is 10.1 Å². The number of benzene rings is 1. The lowest BCUT2D eigenvalue weighted by molar-refractivity contribution is -0.384. The molecule has 1 amide bonds. The molecule has 1 aromatic carbocycles. The lowest BCUT2D eigenvalue weighted by Gasteiger charge is -2.29. The number of nitrogens with zero attached hydrogens (tertiary/aromatic N) is 3. The van der Waals surface area contributed by atoms with Crippen LogP contribution in [0, 0.1) is 10.1 Å². The van der Waals surface area contributed by atoms with Crippen LogP contribution in [0.2, 0.25) is 0 Å². The lowest BCUT2D eigenvalue weighted by Crippen LogP contribution is -2.39. The van der Waals surface area contributed by atoms with E-state index in [-0.39, 0.29) is 23.7 Å². The zero-order valence-electron chi connectivity index (χ0n) is 13.5. The van der Waals surface area contributed by atoms with Gasteiger partial charge in [0.2, 0.25) is 5.88 Å². The molecule has 1 aliphatic rings. The van der Waals surface area contributed by atoms with Gasteiger partial charge in [0.05, 0.1) is 11.1 Å². The number of non-ortho nitro benzene ring substituents is 1. The third-order valence-corrected chi connectivity index (χ3v) is 4.16. The summed E-state index contributed by atoms with van der Waals surface area (Å²) in [6.07, 6.45) is 7.98. The Morgan fingerprint density at radius 2 is 2.04 bits per heavy atom. The van der Waals surface area contributed by atoms with Crippen LogP contribution in [0.1, 0.15) is 36.0 Å². The maximum absolute atomic E-state index is 12.3. The molecule has 1 aliphatic carbocycles. The number of nitro benzene ring substituents is 1. The average molecular weight is 342 g/mol. The average Bonchev–Trinajstić information content (AvgIpc) is 2.64. The summed E-state index contributed by atoms with van der Waals surface area (Å²) in [6.45, 7) is 0. The molecule has 0 unspecified atom stereocenters. The zero-order valence-corrected chi connectivity index (χ0v) is 13.5. The highest BCUT2D eigenvalue weighted by Gasteiger charge is 2.24. The largest absolute Gasteiger partial charge is 0.473 e. The van der Waals surface area contributed by atoms with Crippen molar-refractivity contribution in [3.05, 3.63) is 58.5 Å². The Balaban J connectivity index is 1.51. The molecule has 0 aliphatic heterocycles. The number of carbonyl (C=O) groups is 1. The summed E-state index contributed by atoms with van der Waals surface area (Å²) >= 11 is 0. The van der Waals surface area contributed by atoms with E-state index in [0.717, 1.165) is 25.7 Å². The molecule has 1 fully saturated rings. The first kappa shape index (κ1) is 16.8. The molecule has 1 N–H and O–H groups in total. The van der Waals surface area contributed by atoms with E-state index in [1.54, 1.807) is 24.7 Å². The van der Waals surface area contributed by atoms with E-state index in [1.807, 2.05) is 0 Å². The lowest BCUT2D eigenvalue weighted by atomic mass is 9.92. The Hall–Kier alpha value is -3.03. The summed E-state index contributed by atoms with van der Waals surface area (Å²) in [7, 11) is 0. The fourth-order valence-electron chi connectivity index (χ4n) is 2.87. The van der Waals surface area contributed by atoms with Gasteiger partial charge in [0.25, 0.3) is 11.6 Å². The number of hydrogen-bond donors (Lipinski definition) is 1. The van der Waals surface area contributed by atoms with Gasteiger partial charge in [-0.15, -0.1) is 0 Å². The van der Waals surface area contributed by atoms with Crippen LogP contribution in [0.3, 0.4) is 0 Å². The number of nitro groups is 1.